The van der Waals surface area contributed by atoms with Gasteiger partial charge in [-0.3, -0.25) is 4.79 Å². The molecule has 2 heterocycles. The van der Waals surface area contributed by atoms with Gasteiger partial charge < -0.3 is 10.1 Å². The number of thiazole rings is 1. The molecular formula is C12H18N2O2S. The first kappa shape index (κ1) is 12.5. The summed E-state index contributed by atoms with van der Waals surface area (Å²) in [6.45, 7) is 9.31. The van der Waals surface area contributed by atoms with Gasteiger partial charge >= 0.3 is 0 Å². The van der Waals surface area contributed by atoms with Crippen molar-refractivity contribution in [3.8, 4) is 0 Å². The molecule has 1 amide bonds. The van der Waals surface area contributed by atoms with E-state index in [1.54, 1.807) is 11.3 Å². The summed E-state index contributed by atoms with van der Waals surface area (Å²) in [4.78, 5) is 17.3. The predicted octanol–water partition coefficient (Wildman–Crippen LogP) is 1.91. The second-order valence-electron chi connectivity index (χ2n) is 5.17. The van der Waals surface area contributed by atoms with Gasteiger partial charge in [0, 0.05) is 10.3 Å². The Hall–Kier alpha value is -0.940. The van der Waals surface area contributed by atoms with Crippen molar-refractivity contribution < 1.29 is 9.53 Å². The Kier molecular flexibility index (Phi) is 3.23. The van der Waals surface area contributed by atoms with Crippen molar-refractivity contribution in [3.63, 3.8) is 0 Å². The summed E-state index contributed by atoms with van der Waals surface area (Å²) in [6, 6.07) is 0.0661. The molecular weight excluding hydrogens is 236 g/mol. The molecule has 2 rings (SSSR count). The third-order valence-corrected chi connectivity index (χ3v) is 4.01. The minimum atomic E-state index is -0.0876. The van der Waals surface area contributed by atoms with Gasteiger partial charge in [0.15, 0.2) is 0 Å². The summed E-state index contributed by atoms with van der Waals surface area (Å²) in [5.74, 6) is -0.0876. The molecule has 1 saturated heterocycles. The number of hydrogen-bond acceptors (Lipinski definition) is 4. The highest BCUT2D eigenvalue weighted by molar-refractivity contribution is 7.11. The van der Waals surface area contributed by atoms with Gasteiger partial charge in [-0.05, 0) is 13.8 Å². The third-order valence-electron chi connectivity index (χ3n) is 3.13. The van der Waals surface area contributed by atoms with Crippen LogP contribution in [0.5, 0.6) is 0 Å². The SMILES string of the molecule is Cc1nc(C(=O)NC2COCC2(C)C)c(C)s1. The number of ether oxygens (including phenoxy) is 1. The zero-order valence-corrected chi connectivity index (χ0v) is 11.5. The van der Waals surface area contributed by atoms with Gasteiger partial charge in [0.1, 0.15) is 5.69 Å². The van der Waals surface area contributed by atoms with Crippen LogP contribution in [0.2, 0.25) is 0 Å². The maximum absolute atomic E-state index is 12.1. The summed E-state index contributed by atoms with van der Waals surface area (Å²) in [7, 11) is 0. The molecule has 1 unspecified atom stereocenters. The van der Waals surface area contributed by atoms with E-state index in [2.05, 4.69) is 24.1 Å². The van der Waals surface area contributed by atoms with E-state index in [0.29, 0.717) is 18.9 Å². The molecule has 17 heavy (non-hydrogen) atoms. The number of carbonyl (C=O) groups is 1. The molecule has 0 radical (unpaired) electrons. The molecule has 0 aromatic carbocycles. The van der Waals surface area contributed by atoms with E-state index in [9.17, 15) is 4.79 Å². The first-order valence-electron chi connectivity index (χ1n) is 5.73. The number of amides is 1. The van der Waals surface area contributed by atoms with Crippen molar-refractivity contribution in [1.82, 2.24) is 10.3 Å². The number of carbonyl (C=O) groups excluding carboxylic acids is 1. The molecule has 1 fully saturated rings. The zero-order chi connectivity index (χ0) is 12.6. The minimum absolute atomic E-state index is 0.00533. The van der Waals surface area contributed by atoms with Crippen LogP contribution in [0, 0.1) is 19.3 Å². The van der Waals surface area contributed by atoms with Crippen LogP contribution in [0.25, 0.3) is 0 Å². The van der Waals surface area contributed by atoms with Crippen LogP contribution in [0.3, 0.4) is 0 Å². The highest BCUT2D eigenvalue weighted by atomic mass is 32.1. The summed E-state index contributed by atoms with van der Waals surface area (Å²) in [5, 5.41) is 3.95. The second-order valence-corrected chi connectivity index (χ2v) is 6.57. The van der Waals surface area contributed by atoms with E-state index in [0.717, 1.165) is 9.88 Å². The number of aryl methyl sites for hydroxylation is 2. The molecule has 0 aliphatic carbocycles. The van der Waals surface area contributed by atoms with Gasteiger partial charge in [0.2, 0.25) is 0 Å². The van der Waals surface area contributed by atoms with Crippen LogP contribution in [0.15, 0.2) is 0 Å². The van der Waals surface area contributed by atoms with E-state index >= 15 is 0 Å². The standard InChI is InChI=1S/C12H18N2O2S/c1-7-10(13-8(2)17-7)11(15)14-9-5-16-6-12(9,3)4/h9H,5-6H2,1-4H3,(H,14,15). The Morgan fingerprint density at radius 3 is 2.71 bits per heavy atom. The Morgan fingerprint density at radius 2 is 2.24 bits per heavy atom. The summed E-state index contributed by atoms with van der Waals surface area (Å²) >= 11 is 1.55. The fourth-order valence-electron chi connectivity index (χ4n) is 1.97. The highest BCUT2D eigenvalue weighted by Crippen LogP contribution is 2.27. The van der Waals surface area contributed by atoms with Crippen LogP contribution in [-0.2, 0) is 4.74 Å². The van der Waals surface area contributed by atoms with E-state index in [1.165, 1.54) is 0 Å². The monoisotopic (exact) mass is 254 g/mol. The number of rotatable bonds is 2. The number of nitrogens with zero attached hydrogens (tertiary/aromatic N) is 1. The quantitative estimate of drug-likeness (QED) is 0.877. The molecule has 94 valence electrons. The maximum atomic E-state index is 12.1. The number of nitrogens with one attached hydrogen (secondary N) is 1. The van der Waals surface area contributed by atoms with Gasteiger partial charge in [-0.2, -0.15) is 0 Å². The number of hydrogen-bond donors (Lipinski definition) is 1. The van der Waals surface area contributed by atoms with Crippen molar-refractivity contribution in [2.24, 2.45) is 5.41 Å². The predicted molar refractivity (Wildman–Crippen MR) is 67.4 cm³/mol. The van der Waals surface area contributed by atoms with Gasteiger partial charge in [0.25, 0.3) is 5.91 Å². The molecule has 1 aromatic heterocycles. The molecule has 1 aromatic rings. The normalized spacial score (nSPS) is 22.7. The van der Waals surface area contributed by atoms with Crippen molar-refractivity contribution in [3.05, 3.63) is 15.6 Å². The summed E-state index contributed by atoms with van der Waals surface area (Å²) in [6.07, 6.45) is 0. The van der Waals surface area contributed by atoms with Gasteiger partial charge in [0.05, 0.1) is 24.3 Å². The van der Waals surface area contributed by atoms with Crippen LogP contribution in [0.1, 0.15) is 34.2 Å². The van der Waals surface area contributed by atoms with Crippen LogP contribution < -0.4 is 5.32 Å². The van der Waals surface area contributed by atoms with Crippen LogP contribution >= 0.6 is 11.3 Å². The fraction of sp³-hybridized carbons (Fsp3) is 0.667. The van der Waals surface area contributed by atoms with Crippen molar-refractivity contribution in [2.45, 2.75) is 33.7 Å². The second kappa shape index (κ2) is 4.38. The topological polar surface area (TPSA) is 51.2 Å². The lowest BCUT2D eigenvalue weighted by atomic mass is 9.88. The Morgan fingerprint density at radius 1 is 1.53 bits per heavy atom. The summed E-state index contributed by atoms with van der Waals surface area (Å²) < 4.78 is 5.41. The zero-order valence-electron chi connectivity index (χ0n) is 10.7. The largest absolute Gasteiger partial charge is 0.379 e. The molecule has 1 aliphatic rings. The molecule has 0 saturated carbocycles. The fourth-order valence-corrected chi connectivity index (χ4v) is 2.78. The molecule has 1 atom stereocenters. The van der Waals surface area contributed by atoms with E-state index in [-0.39, 0.29) is 17.4 Å². The number of aromatic nitrogens is 1. The van der Waals surface area contributed by atoms with Crippen LogP contribution in [-0.4, -0.2) is 30.1 Å². The molecule has 0 spiro atoms. The van der Waals surface area contributed by atoms with Crippen molar-refractivity contribution >= 4 is 17.2 Å². The average Bonchev–Trinajstić information content (AvgIpc) is 2.70. The van der Waals surface area contributed by atoms with E-state index < -0.39 is 0 Å². The molecule has 0 bridgehead atoms. The first-order valence-corrected chi connectivity index (χ1v) is 6.54. The molecule has 5 heteroatoms. The smallest absolute Gasteiger partial charge is 0.271 e. The van der Waals surface area contributed by atoms with E-state index in [4.69, 9.17) is 4.74 Å². The minimum Gasteiger partial charge on any atom is -0.379 e. The van der Waals surface area contributed by atoms with Gasteiger partial charge in [-0.25, -0.2) is 4.98 Å². The molecule has 1 aliphatic heterocycles. The Bertz CT molecular complexity index is 440. The lowest BCUT2D eigenvalue weighted by Gasteiger charge is -2.25. The van der Waals surface area contributed by atoms with E-state index in [1.807, 2.05) is 13.8 Å². The maximum Gasteiger partial charge on any atom is 0.271 e. The average molecular weight is 254 g/mol. The highest BCUT2D eigenvalue weighted by Gasteiger charge is 2.37. The molecule has 4 nitrogen and oxygen atoms in total. The Labute approximate surface area is 105 Å². The van der Waals surface area contributed by atoms with Gasteiger partial charge in [-0.15, -0.1) is 11.3 Å². The van der Waals surface area contributed by atoms with Crippen molar-refractivity contribution in [1.29, 1.82) is 0 Å². The first-order chi connectivity index (χ1) is 7.90. The Balaban J connectivity index is 2.10. The van der Waals surface area contributed by atoms with Crippen LogP contribution in [0.4, 0.5) is 0 Å². The van der Waals surface area contributed by atoms with Crippen molar-refractivity contribution in [2.75, 3.05) is 13.2 Å². The summed E-state index contributed by atoms with van der Waals surface area (Å²) in [5.41, 5.74) is 0.546. The molecule has 1 N–H and O–H groups in total. The third kappa shape index (κ3) is 2.50. The lowest BCUT2D eigenvalue weighted by molar-refractivity contribution is 0.0910. The lowest BCUT2D eigenvalue weighted by Crippen LogP contribution is -2.44. The van der Waals surface area contributed by atoms with Gasteiger partial charge in [-0.1, -0.05) is 13.8 Å².